The summed E-state index contributed by atoms with van der Waals surface area (Å²) in [6, 6.07) is 11.0. The van der Waals surface area contributed by atoms with Crippen LogP contribution in [0.4, 0.5) is 10.5 Å². The van der Waals surface area contributed by atoms with Crippen molar-refractivity contribution in [2.45, 2.75) is 32.9 Å². The third-order valence-corrected chi connectivity index (χ3v) is 4.37. The molecule has 0 spiro atoms. The molecule has 2 amide bonds. The van der Waals surface area contributed by atoms with Crippen molar-refractivity contribution in [2.75, 3.05) is 5.32 Å². The van der Waals surface area contributed by atoms with Gasteiger partial charge in [0.25, 0.3) is 0 Å². The molecule has 112 valence electrons. The van der Waals surface area contributed by atoms with Crippen LogP contribution in [0.25, 0.3) is 0 Å². The van der Waals surface area contributed by atoms with Crippen LogP contribution in [0.1, 0.15) is 41.3 Å². The van der Waals surface area contributed by atoms with E-state index in [1.54, 1.807) is 42.5 Å². The fourth-order valence-corrected chi connectivity index (χ4v) is 2.85. The second kappa shape index (κ2) is 6.74. The summed E-state index contributed by atoms with van der Waals surface area (Å²) in [5.41, 5.74) is 1.52. The highest BCUT2D eigenvalue weighted by atomic mass is 32.1. The van der Waals surface area contributed by atoms with E-state index in [0.29, 0.717) is 5.69 Å². The Hall–Kier alpha value is -1.85. The molecule has 1 aromatic carbocycles. The van der Waals surface area contributed by atoms with Crippen molar-refractivity contribution in [3.05, 3.63) is 51.7 Å². The number of urea groups is 1. The van der Waals surface area contributed by atoms with Crippen LogP contribution in [0, 0.1) is 6.92 Å². The zero-order valence-corrected chi connectivity index (χ0v) is 13.2. The molecule has 0 saturated carbocycles. The quantitative estimate of drug-likeness (QED) is 0.799. The van der Waals surface area contributed by atoms with Crippen LogP contribution < -0.4 is 10.6 Å². The van der Waals surface area contributed by atoms with Crippen molar-refractivity contribution in [2.24, 2.45) is 0 Å². The highest BCUT2D eigenvalue weighted by Crippen LogP contribution is 2.22. The van der Waals surface area contributed by atoms with Crippen molar-refractivity contribution >= 4 is 23.1 Å². The van der Waals surface area contributed by atoms with Gasteiger partial charge >= 0.3 is 6.03 Å². The molecule has 0 bridgehead atoms. The molecule has 1 aromatic heterocycles. The zero-order valence-electron chi connectivity index (χ0n) is 12.4. The van der Waals surface area contributed by atoms with Gasteiger partial charge in [0, 0.05) is 15.4 Å². The van der Waals surface area contributed by atoms with Gasteiger partial charge in [-0.25, -0.2) is 4.79 Å². The minimum absolute atomic E-state index is 0.0274. The standard InChI is InChI=1S/C16H20N2O2S/c1-10-4-9-15(21-10)11(2)17-16(20)18-14-7-5-13(6-8-14)12(3)19/h4-9,11-12,19H,1-3H3,(H2,17,18,20). The van der Waals surface area contributed by atoms with E-state index in [4.69, 9.17) is 0 Å². The zero-order chi connectivity index (χ0) is 15.4. The average molecular weight is 304 g/mol. The molecular formula is C16H20N2O2S. The molecule has 3 N–H and O–H groups in total. The Kier molecular flexibility index (Phi) is 4.98. The molecule has 2 unspecified atom stereocenters. The first-order valence-electron chi connectivity index (χ1n) is 6.87. The molecule has 0 saturated heterocycles. The normalized spacial score (nSPS) is 13.5. The summed E-state index contributed by atoms with van der Waals surface area (Å²) in [7, 11) is 0. The molecule has 1 heterocycles. The summed E-state index contributed by atoms with van der Waals surface area (Å²) < 4.78 is 0. The van der Waals surface area contributed by atoms with Gasteiger partial charge in [-0.05, 0) is 50.6 Å². The third kappa shape index (κ3) is 4.31. The van der Waals surface area contributed by atoms with Crippen LogP contribution in [0.5, 0.6) is 0 Å². The van der Waals surface area contributed by atoms with Gasteiger partial charge in [0.05, 0.1) is 12.1 Å². The lowest BCUT2D eigenvalue weighted by Gasteiger charge is -2.13. The van der Waals surface area contributed by atoms with Crippen LogP contribution in [0.15, 0.2) is 36.4 Å². The van der Waals surface area contributed by atoms with Crippen molar-refractivity contribution in [1.29, 1.82) is 0 Å². The number of aryl methyl sites for hydroxylation is 1. The van der Waals surface area contributed by atoms with Gasteiger partial charge in [-0.3, -0.25) is 0 Å². The SMILES string of the molecule is Cc1ccc(C(C)NC(=O)Nc2ccc(C(C)O)cc2)s1. The van der Waals surface area contributed by atoms with E-state index in [-0.39, 0.29) is 12.1 Å². The molecule has 4 nitrogen and oxygen atoms in total. The molecule has 2 aromatic rings. The van der Waals surface area contributed by atoms with Crippen molar-refractivity contribution in [3.63, 3.8) is 0 Å². The van der Waals surface area contributed by atoms with Gasteiger partial charge in [-0.15, -0.1) is 11.3 Å². The summed E-state index contributed by atoms with van der Waals surface area (Å²) in [4.78, 5) is 14.3. The van der Waals surface area contributed by atoms with Gasteiger partial charge in [-0.1, -0.05) is 12.1 Å². The lowest BCUT2D eigenvalue weighted by atomic mass is 10.1. The first-order chi connectivity index (χ1) is 9.95. The van der Waals surface area contributed by atoms with Crippen molar-refractivity contribution in [1.82, 2.24) is 5.32 Å². The number of rotatable bonds is 4. The fraction of sp³-hybridized carbons (Fsp3) is 0.312. The Morgan fingerprint density at radius 3 is 2.33 bits per heavy atom. The van der Waals surface area contributed by atoms with Crippen LogP contribution in [0.2, 0.25) is 0 Å². The number of carbonyl (C=O) groups excluding carboxylic acids is 1. The summed E-state index contributed by atoms with van der Waals surface area (Å²) in [5, 5.41) is 15.1. The van der Waals surface area contributed by atoms with Gasteiger partial charge in [0.15, 0.2) is 0 Å². The summed E-state index contributed by atoms with van der Waals surface area (Å²) in [5.74, 6) is 0. The van der Waals surface area contributed by atoms with E-state index in [1.165, 1.54) is 4.88 Å². The molecule has 0 aliphatic heterocycles. The van der Waals surface area contributed by atoms with Crippen molar-refractivity contribution in [3.8, 4) is 0 Å². The molecule has 2 rings (SSSR count). The minimum Gasteiger partial charge on any atom is -0.389 e. The second-order valence-corrected chi connectivity index (χ2v) is 6.39. The maximum absolute atomic E-state index is 12.0. The predicted molar refractivity (Wildman–Crippen MR) is 86.7 cm³/mol. The Morgan fingerprint density at radius 2 is 1.81 bits per heavy atom. The van der Waals surface area contributed by atoms with Gasteiger partial charge in [0.2, 0.25) is 0 Å². The van der Waals surface area contributed by atoms with E-state index in [9.17, 15) is 9.90 Å². The molecule has 0 fully saturated rings. The molecule has 21 heavy (non-hydrogen) atoms. The number of thiophene rings is 1. The number of hydrogen-bond acceptors (Lipinski definition) is 3. The average Bonchev–Trinajstić information content (AvgIpc) is 2.86. The number of benzene rings is 1. The summed E-state index contributed by atoms with van der Waals surface area (Å²) >= 11 is 1.68. The largest absolute Gasteiger partial charge is 0.389 e. The highest BCUT2D eigenvalue weighted by Gasteiger charge is 2.11. The number of aliphatic hydroxyl groups excluding tert-OH is 1. The topological polar surface area (TPSA) is 61.4 Å². The molecule has 5 heteroatoms. The number of hydrogen-bond donors (Lipinski definition) is 3. The van der Waals surface area contributed by atoms with E-state index in [2.05, 4.69) is 10.6 Å². The van der Waals surface area contributed by atoms with E-state index >= 15 is 0 Å². The van der Waals surface area contributed by atoms with Gasteiger partial charge in [0.1, 0.15) is 0 Å². The monoisotopic (exact) mass is 304 g/mol. The number of amides is 2. The Balaban J connectivity index is 1.92. The molecule has 2 atom stereocenters. The smallest absolute Gasteiger partial charge is 0.319 e. The lowest BCUT2D eigenvalue weighted by molar-refractivity contribution is 0.199. The van der Waals surface area contributed by atoms with E-state index in [1.807, 2.05) is 26.0 Å². The van der Waals surface area contributed by atoms with E-state index in [0.717, 1.165) is 10.4 Å². The summed E-state index contributed by atoms with van der Waals surface area (Å²) in [6.07, 6.45) is -0.505. The Bertz CT molecular complexity index is 605. The Labute approximate surface area is 128 Å². The third-order valence-electron chi connectivity index (χ3n) is 3.19. The molecule has 0 aliphatic rings. The number of aliphatic hydroxyl groups is 1. The Morgan fingerprint density at radius 1 is 1.14 bits per heavy atom. The lowest BCUT2D eigenvalue weighted by Crippen LogP contribution is -2.30. The molecule has 0 radical (unpaired) electrons. The predicted octanol–water partition coefficient (Wildman–Crippen LogP) is 3.99. The number of carbonyl (C=O) groups is 1. The summed E-state index contributed by atoms with van der Waals surface area (Å²) in [6.45, 7) is 5.71. The number of nitrogens with one attached hydrogen (secondary N) is 2. The van der Waals surface area contributed by atoms with Gasteiger partial charge < -0.3 is 15.7 Å². The van der Waals surface area contributed by atoms with E-state index < -0.39 is 6.10 Å². The van der Waals surface area contributed by atoms with Gasteiger partial charge in [-0.2, -0.15) is 0 Å². The number of anilines is 1. The maximum atomic E-state index is 12.0. The van der Waals surface area contributed by atoms with Crippen molar-refractivity contribution < 1.29 is 9.90 Å². The molecule has 0 aliphatic carbocycles. The van der Waals surface area contributed by atoms with Crippen LogP contribution in [-0.2, 0) is 0 Å². The van der Waals surface area contributed by atoms with Crippen LogP contribution in [0.3, 0.4) is 0 Å². The fourth-order valence-electron chi connectivity index (χ4n) is 1.97. The minimum atomic E-state index is -0.505. The first kappa shape index (κ1) is 15.5. The first-order valence-corrected chi connectivity index (χ1v) is 7.69. The highest BCUT2D eigenvalue weighted by molar-refractivity contribution is 7.12. The second-order valence-electron chi connectivity index (χ2n) is 5.07. The van der Waals surface area contributed by atoms with Crippen LogP contribution in [-0.4, -0.2) is 11.1 Å². The van der Waals surface area contributed by atoms with Crippen LogP contribution >= 0.6 is 11.3 Å². The molecular weight excluding hydrogens is 284 g/mol. The maximum Gasteiger partial charge on any atom is 0.319 e.